The number of nitriles is 1. The lowest BCUT2D eigenvalue weighted by Gasteiger charge is -2.27. The largest absolute Gasteiger partial charge is 0.280 e. The van der Waals surface area contributed by atoms with Gasteiger partial charge in [0.15, 0.2) is 0 Å². The number of rotatable bonds is 3. The van der Waals surface area contributed by atoms with E-state index in [0.717, 1.165) is 55.6 Å². The average Bonchev–Trinajstić information content (AvgIpc) is 3.17. The Bertz CT molecular complexity index is 1200. The van der Waals surface area contributed by atoms with E-state index in [1.54, 1.807) is 0 Å². The highest BCUT2D eigenvalue weighted by atomic mass is 32.2. The highest BCUT2D eigenvalue weighted by Crippen LogP contribution is 2.38. The quantitative estimate of drug-likeness (QED) is 0.352. The molecular weight excluding hydrogens is 426 g/mol. The highest BCUT2D eigenvalue weighted by molar-refractivity contribution is 8.00. The summed E-state index contributed by atoms with van der Waals surface area (Å²) in [5, 5.41) is 10.1. The summed E-state index contributed by atoms with van der Waals surface area (Å²) in [6.45, 7) is 1.93. The SMILES string of the molecule is CC(Sc1nc2c(cc1C#N)CCCCC2)C(=O)N1c2ccccc2CCc2ccccc21. The number of para-hydroxylation sites is 2. The molecule has 1 unspecified atom stereocenters. The molecule has 0 fully saturated rings. The molecule has 4 nitrogen and oxygen atoms in total. The predicted octanol–water partition coefficient (Wildman–Crippen LogP) is 6.17. The molecule has 0 N–H and O–H groups in total. The number of aromatic nitrogens is 1. The number of hydrogen-bond donors (Lipinski definition) is 0. The van der Waals surface area contributed by atoms with E-state index in [2.05, 4.69) is 18.2 Å². The maximum Gasteiger partial charge on any atom is 0.244 e. The minimum atomic E-state index is -0.382. The van der Waals surface area contributed by atoms with Crippen LogP contribution in [0.25, 0.3) is 0 Å². The van der Waals surface area contributed by atoms with Gasteiger partial charge in [-0.05, 0) is 80.3 Å². The summed E-state index contributed by atoms with van der Waals surface area (Å²) < 4.78 is 0. The summed E-state index contributed by atoms with van der Waals surface area (Å²) in [5.41, 5.74) is 7.14. The van der Waals surface area contributed by atoms with Gasteiger partial charge >= 0.3 is 0 Å². The van der Waals surface area contributed by atoms with Crippen LogP contribution >= 0.6 is 11.8 Å². The molecule has 0 saturated carbocycles. The van der Waals surface area contributed by atoms with E-state index in [9.17, 15) is 10.1 Å². The number of carbonyl (C=O) groups is 1. The van der Waals surface area contributed by atoms with Crippen molar-refractivity contribution in [2.24, 2.45) is 0 Å². The van der Waals surface area contributed by atoms with Crippen LogP contribution in [-0.4, -0.2) is 16.1 Å². The maximum absolute atomic E-state index is 13.9. The molecule has 1 aliphatic carbocycles. The van der Waals surface area contributed by atoms with E-state index >= 15 is 0 Å². The van der Waals surface area contributed by atoms with Gasteiger partial charge in [-0.25, -0.2) is 4.98 Å². The molecule has 1 amide bonds. The summed E-state index contributed by atoms with van der Waals surface area (Å²) in [5.74, 6) is 0.0161. The third-order valence-corrected chi connectivity index (χ3v) is 7.71. The zero-order chi connectivity index (χ0) is 22.8. The minimum absolute atomic E-state index is 0.0161. The van der Waals surface area contributed by atoms with E-state index in [0.29, 0.717) is 10.6 Å². The molecule has 2 heterocycles. The molecule has 0 radical (unpaired) electrons. The van der Waals surface area contributed by atoms with Crippen LogP contribution in [0.15, 0.2) is 59.6 Å². The molecule has 5 rings (SSSR count). The molecule has 3 aromatic rings. The lowest BCUT2D eigenvalue weighted by atomic mass is 10.0. The molecule has 2 aromatic carbocycles. The second kappa shape index (κ2) is 9.41. The first-order chi connectivity index (χ1) is 16.2. The van der Waals surface area contributed by atoms with Crippen LogP contribution in [0.5, 0.6) is 0 Å². The van der Waals surface area contributed by atoms with Crippen LogP contribution in [0.2, 0.25) is 0 Å². The van der Waals surface area contributed by atoms with E-state index in [-0.39, 0.29) is 11.2 Å². The number of hydrogen-bond acceptors (Lipinski definition) is 4. The number of amides is 1. The van der Waals surface area contributed by atoms with Crippen LogP contribution in [0, 0.1) is 11.3 Å². The maximum atomic E-state index is 13.9. The third kappa shape index (κ3) is 4.28. The second-order valence-electron chi connectivity index (χ2n) is 8.81. The summed E-state index contributed by atoms with van der Waals surface area (Å²) in [6.07, 6.45) is 7.22. The first-order valence-corrected chi connectivity index (χ1v) is 12.6. The van der Waals surface area contributed by atoms with Crippen molar-refractivity contribution < 1.29 is 4.79 Å². The molecule has 0 bridgehead atoms. The number of benzene rings is 2. The number of carbonyl (C=O) groups excluding carboxylic acids is 1. The zero-order valence-corrected chi connectivity index (χ0v) is 19.7. The van der Waals surface area contributed by atoms with Crippen LogP contribution in [-0.2, 0) is 30.5 Å². The number of pyridine rings is 1. The van der Waals surface area contributed by atoms with Crippen molar-refractivity contribution in [2.75, 3.05) is 4.90 Å². The van der Waals surface area contributed by atoms with Gasteiger partial charge in [0.2, 0.25) is 5.91 Å². The van der Waals surface area contributed by atoms with Crippen LogP contribution in [0.4, 0.5) is 11.4 Å². The van der Waals surface area contributed by atoms with Gasteiger partial charge in [-0.1, -0.05) is 54.6 Å². The fourth-order valence-electron chi connectivity index (χ4n) is 4.88. The van der Waals surface area contributed by atoms with Gasteiger partial charge in [-0.2, -0.15) is 5.26 Å². The van der Waals surface area contributed by atoms with E-state index < -0.39 is 0 Å². The van der Waals surface area contributed by atoms with Crippen molar-refractivity contribution in [3.63, 3.8) is 0 Å². The summed E-state index contributed by atoms with van der Waals surface area (Å²) in [7, 11) is 0. The molecule has 1 aromatic heterocycles. The van der Waals surface area contributed by atoms with Gasteiger partial charge in [0.25, 0.3) is 0 Å². The Morgan fingerprint density at radius 3 is 2.24 bits per heavy atom. The van der Waals surface area contributed by atoms with Gasteiger partial charge < -0.3 is 0 Å². The zero-order valence-electron chi connectivity index (χ0n) is 18.9. The van der Waals surface area contributed by atoms with Gasteiger partial charge in [0.05, 0.1) is 22.2 Å². The van der Waals surface area contributed by atoms with Crippen LogP contribution in [0.3, 0.4) is 0 Å². The Kier molecular flexibility index (Phi) is 6.20. The number of aryl methyl sites for hydroxylation is 4. The normalized spacial score (nSPS) is 15.8. The van der Waals surface area contributed by atoms with Crippen molar-refractivity contribution >= 4 is 29.0 Å². The van der Waals surface area contributed by atoms with Crippen molar-refractivity contribution in [1.82, 2.24) is 4.98 Å². The Morgan fingerprint density at radius 1 is 0.939 bits per heavy atom. The van der Waals surface area contributed by atoms with E-state index in [4.69, 9.17) is 4.98 Å². The van der Waals surface area contributed by atoms with Crippen molar-refractivity contribution in [1.29, 1.82) is 5.26 Å². The average molecular weight is 454 g/mol. The first-order valence-electron chi connectivity index (χ1n) is 11.7. The van der Waals surface area contributed by atoms with Crippen LogP contribution < -0.4 is 4.90 Å². The van der Waals surface area contributed by atoms with Gasteiger partial charge in [-0.3, -0.25) is 9.69 Å². The highest BCUT2D eigenvalue weighted by Gasteiger charge is 2.30. The summed E-state index contributed by atoms with van der Waals surface area (Å²) >= 11 is 1.41. The molecule has 0 spiro atoms. The number of anilines is 2. The number of thioether (sulfide) groups is 1. The lowest BCUT2D eigenvalue weighted by molar-refractivity contribution is -0.117. The Labute approximate surface area is 199 Å². The second-order valence-corrected chi connectivity index (χ2v) is 10.1. The molecule has 166 valence electrons. The van der Waals surface area contributed by atoms with Gasteiger partial charge in [0.1, 0.15) is 11.1 Å². The number of nitrogens with zero attached hydrogens (tertiary/aromatic N) is 3. The molecule has 5 heteroatoms. The van der Waals surface area contributed by atoms with E-state index in [1.165, 1.54) is 34.9 Å². The van der Waals surface area contributed by atoms with E-state index in [1.807, 2.05) is 54.3 Å². The third-order valence-electron chi connectivity index (χ3n) is 6.62. The Balaban J connectivity index is 1.50. The Hall–Kier alpha value is -3.10. The molecular formula is C28H27N3OS. The van der Waals surface area contributed by atoms with Gasteiger partial charge in [0, 0.05) is 5.69 Å². The smallest absolute Gasteiger partial charge is 0.244 e. The Morgan fingerprint density at radius 2 is 1.58 bits per heavy atom. The first kappa shape index (κ1) is 21.7. The standard InChI is InChI=1S/C28H27N3OS/c1-19(33-27-23(18-29)17-22-11-3-2-4-12-24(22)30-27)28(32)31-25-13-7-5-9-20(25)15-16-21-10-6-8-14-26(21)31/h5-10,13-14,17,19H,2-4,11-12,15-16H2,1H3. The van der Waals surface area contributed by atoms with Crippen molar-refractivity contribution in [3.8, 4) is 6.07 Å². The fraction of sp³-hybridized carbons (Fsp3) is 0.321. The number of fused-ring (bicyclic) bond motifs is 3. The molecule has 1 aliphatic heterocycles. The minimum Gasteiger partial charge on any atom is -0.280 e. The van der Waals surface area contributed by atoms with Crippen molar-refractivity contribution in [3.05, 3.63) is 82.5 Å². The molecule has 0 saturated heterocycles. The monoisotopic (exact) mass is 453 g/mol. The summed E-state index contributed by atoms with van der Waals surface area (Å²) in [6, 6.07) is 20.7. The van der Waals surface area contributed by atoms with Gasteiger partial charge in [-0.15, -0.1) is 0 Å². The van der Waals surface area contributed by atoms with Crippen molar-refractivity contribution in [2.45, 2.75) is 62.1 Å². The molecule has 2 aliphatic rings. The topological polar surface area (TPSA) is 57.0 Å². The molecule has 33 heavy (non-hydrogen) atoms. The van der Waals surface area contributed by atoms with Crippen LogP contribution in [0.1, 0.15) is 54.1 Å². The fourth-order valence-corrected chi connectivity index (χ4v) is 5.81. The lowest BCUT2D eigenvalue weighted by Crippen LogP contribution is -2.33. The summed E-state index contributed by atoms with van der Waals surface area (Å²) in [4.78, 5) is 20.7. The predicted molar refractivity (Wildman–Crippen MR) is 133 cm³/mol. The molecule has 1 atom stereocenters.